The maximum Gasteiger partial charge on any atom is 0.0739 e. The van der Waals surface area contributed by atoms with Crippen molar-refractivity contribution >= 4 is 15.9 Å². The molecule has 1 aromatic heterocycles. The lowest BCUT2D eigenvalue weighted by Crippen LogP contribution is -2.27. The molecule has 0 amide bonds. The van der Waals surface area contributed by atoms with Gasteiger partial charge in [-0.3, -0.25) is 10.00 Å². The quantitative estimate of drug-likeness (QED) is 0.841. The molecule has 0 radical (unpaired) electrons. The highest BCUT2D eigenvalue weighted by Gasteiger charge is 2.11. The Hall–Kier alpha value is -0.790. The van der Waals surface area contributed by atoms with Crippen molar-refractivity contribution in [2.75, 3.05) is 0 Å². The highest BCUT2D eigenvalue weighted by molar-refractivity contribution is 9.10. The van der Waals surface area contributed by atoms with Gasteiger partial charge in [0, 0.05) is 13.6 Å². The van der Waals surface area contributed by atoms with E-state index in [4.69, 9.17) is 6.42 Å². The molecule has 88 valence electrons. The third kappa shape index (κ3) is 3.10. The lowest BCUT2D eigenvalue weighted by Gasteiger charge is -2.12. The molecule has 0 aliphatic carbocycles. The Morgan fingerprint density at radius 1 is 1.62 bits per heavy atom. The van der Waals surface area contributed by atoms with Crippen LogP contribution in [0.4, 0.5) is 0 Å². The Morgan fingerprint density at radius 3 is 2.75 bits per heavy atom. The fourth-order valence-corrected chi connectivity index (χ4v) is 2.10. The predicted molar refractivity (Wildman–Crippen MR) is 70.0 cm³/mol. The third-order valence-electron chi connectivity index (χ3n) is 2.56. The molecule has 1 N–H and O–H groups in total. The number of aromatic nitrogens is 2. The van der Waals surface area contributed by atoms with Gasteiger partial charge in [-0.2, -0.15) is 5.10 Å². The molecule has 0 saturated carbocycles. The van der Waals surface area contributed by atoms with E-state index in [1.165, 1.54) is 0 Å². The second-order valence-corrected chi connectivity index (χ2v) is 4.65. The lowest BCUT2D eigenvalue weighted by atomic mass is 10.2. The van der Waals surface area contributed by atoms with Crippen molar-refractivity contribution in [3.8, 4) is 12.3 Å². The molecule has 0 aromatic carbocycles. The Morgan fingerprint density at radius 2 is 2.31 bits per heavy atom. The fraction of sp³-hybridized carbons (Fsp3) is 0.583. The zero-order valence-electron chi connectivity index (χ0n) is 10.0. The van der Waals surface area contributed by atoms with Gasteiger partial charge >= 0.3 is 0 Å². The van der Waals surface area contributed by atoms with E-state index in [2.05, 4.69) is 39.2 Å². The molecule has 0 fully saturated rings. The van der Waals surface area contributed by atoms with E-state index in [9.17, 15) is 0 Å². The van der Waals surface area contributed by atoms with Gasteiger partial charge in [-0.25, -0.2) is 0 Å². The van der Waals surface area contributed by atoms with Crippen molar-refractivity contribution in [3.63, 3.8) is 0 Å². The smallest absolute Gasteiger partial charge is 0.0739 e. The average Bonchev–Trinajstić information content (AvgIpc) is 2.49. The Labute approximate surface area is 106 Å². The summed E-state index contributed by atoms with van der Waals surface area (Å²) in [6.45, 7) is 4.86. The molecule has 0 saturated heterocycles. The van der Waals surface area contributed by atoms with Crippen LogP contribution in [0, 0.1) is 19.3 Å². The standard InChI is InChI=1S/C12H18BrN3/c1-5-7-10(6-2)14-8-11-12(13)9(3)15-16(11)4/h2,10,14H,5,7-8H2,1,3-4H3. The van der Waals surface area contributed by atoms with Crippen LogP contribution < -0.4 is 5.32 Å². The summed E-state index contributed by atoms with van der Waals surface area (Å²) in [6, 6.07) is 0.145. The normalized spacial score (nSPS) is 12.4. The average molecular weight is 284 g/mol. The molecule has 0 aliphatic rings. The molecule has 0 spiro atoms. The van der Waals surface area contributed by atoms with E-state index < -0.39 is 0 Å². The molecule has 1 unspecified atom stereocenters. The summed E-state index contributed by atoms with van der Waals surface area (Å²) in [6.07, 6.45) is 7.55. The van der Waals surface area contributed by atoms with Crippen molar-refractivity contribution < 1.29 is 0 Å². The van der Waals surface area contributed by atoms with E-state index in [-0.39, 0.29) is 6.04 Å². The minimum atomic E-state index is 0.145. The van der Waals surface area contributed by atoms with Crippen molar-refractivity contribution in [2.45, 2.75) is 39.3 Å². The number of halogens is 1. The molecule has 1 aromatic rings. The molecule has 0 aliphatic heterocycles. The first-order valence-electron chi connectivity index (χ1n) is 5.47. The molecule has 4 heteroatoms. The number of terminal acetylenes is 1. The third-order valence-corrected chi connectivity index (χ3v) is 3.59. The van der Waals surface area contributed by atoms with E-state index in [0.29, 0.717) is 0 Å². The molecule has 1 atom stereocenters. The van der Waals surface area contributed by atoms with Gasteiger partial charge < -0.3 is 0 Å². The SMILES string of the molecule is C#CC(CCC)NCc1c(Br)c(C)nn1C. The van der Waals surface area contributed by atoms with Crippen molar-refractivity contribution in [3.05, 3.63) is 15.9 Å². The molecular weight excluding hydrogens is 266 g/mol. The summed E-state index contributed by atoms with van der Waals surface area (Å²) in [5.41, 5.74) is 2.14. The summed E-state index contributed by atoms with van der Waals surface area (Å²) in [7, 11) is 1.94. The summed E-state index contributed by atoms with van der Waals surface area (Å²) in [5.74, 6) is 2.76. The fourth-order valence-electron chi connectivity index (χ4n) is 1.63. The highest BCUT2D eigenvalue weighted by atomic mass is 79.9. The van der Waals surface area contributed by atoms with Crippen molar-refractivity contribution in [1.82, 2.24) is 15.1 Å². The Kier molecular flexibility index (Phi) is 5.04. The molecular formula is C12H18BrN3. The minimum Gasteiger partial charge on any atom is -0.298 e. The van der Waals surface area contributed by atoms with Gasteiger partial charge in [0.1, 0.15) is 0 Å². The monoisotopic (exact) mass is 283 g/mol. The number of nitrogens with one attached hydrogen (secondary N) is 1. The lowest BCUT2D eigenvalue weighted by molar-refractivity contribution is 0.541. The van der Waals surface area contributed by atoms with Crippen LogP contribution in [0.15, 0.2) is 4.47 Å². The van der Waals surface area contributed by atoms with E-state index >= 15 is 0 Å². The Balaban J connectivity index is 2.64. The highest BCUT2D eigenvalue weighted by Crippen LogP contribution is 2.20. The van der Waals surface area contributed by atoms with Crippen LogP contribution in [0.2, 0.25) is 0 Å². The molecule has 0 bridgehead atoms. The zero-order valence-corrected chi connectivity index (χ0v) is 11.6. The second-order valence-electron chi connectivity index (χ2n) is 3.86. The van der Waals surface area contributed by atoms with Crippen LogP contribution in [0.3, 0.4) is 0 Å². The van der Waals surface area contributed by atoms with Crippen LogP contribution in [0.25, 0.3) is 0 Å². The van der Waals surface area contributed by atoms with Gasteiger partial charge in [0.05, 0.1) is 21.9 Å². The number of nitrogens with zero attached hydrogens (tertiary/aromatic N) is 2. The van der Waals surface area contributed by atoms with E-state index in [1.807, 2.05) is 18.7 Å². The van der Waals surface area contributed by atoms with Gasteiger partial charge in [0.25, 0.3) is 0 Å². The molecule has 1 heterocycles. The van der Waals surface area contributed by atoms with Gasteiger partial charge in [0.15, 0.2) is 0 Å². The zero-order chi connectivity index (χ0) is 12.1. The summed E-state index contributed by atoms with van der Waals surface area (Å²) in [4.78, 5) is 0. The van der Waals surface area contributed by atoms with Crippen molar-refractivity contribution in [2.24, 2.45) is 7.05 Å². The number of hydrogen-bond donors (Lipinski definition) is 1. The predicted octanol–water partition coefficient (Wildman–Crippen LogP) is 2.38. The topological polar surface area (TPSA) is 29.9 Å². The summed E-state index contributed by atoms with van der Waals surface area (Å²) >= 11 is 3.54. The first-order chi connectivity index (χ1) is 7.60. The van der Waals surface area contributed by atoms with Crippen LogP contribution in [0.1, 0.15) is 31.2 Å². The van der Waals surface area contributed by atoms with E-state index in [1.54, 1.807) is 0 Å². The minimum absolute atomic E-state index is 0.145. The van der Waals surface area contributed by atoms with Crippen LogP contribution in [-0.4, -0.2) is 15.8 Å². The molecule has 3 nitrogen and oxygen atoms in total. The van der Waals surface area contributed by atoms with Crippen LogP contribution in [0.5, 0.6) is 0 Å². The van der Waals surface area contributed by atoms with Crippen LogP contribution >= 0.6 is 15.9 Å². The maximum absolute atomic E-state index is 5.46. The molecule has 1 rings (SSSR count). The van der Waals surface area contributed by atoms with E-state index in [0.717, 1.165) is 35.2 Å². The number of hydrogen-bond acceptors (Lipinski definition) is 2. The van der Waals surface area contributed by atoms with Gasteiger partial charge in [0.2, 0.25) is 0 Å². The maximum atomic E-state index is 5.46. The van der Waals surface area contributed by atoms with Gasteiger partial charge in [-0.15, -0.1) is 6.42 Å². The first-order valence-corrected chi connectivity index (χ1v) is 6.26. The largest absolute Gasteiger partial charge is 0.298 e. The van der Waals surface area contributed by atoms with Crippen LogP contribution in [-0.2, 0) is 13.6 Å². The second kappa shape index (κ2) is 6.07. The molecule has 16 heavy (non-hydrogen) atoms. The van der Waals surface area contributed by atoms with Gasteiger partial charge in [-0.1, -0.05) is 19.3 Å². The Bertz CT molecular complexity index is 390. The number of rotatable bonds is 5. The summed E-state index contributed by atoms with van der Waals surface area (Å²) in [5, 5.41) is 7.69. The first kappa shape index (κ1) is 13.3. The van der Waals surface area contributed by atoms with Crippen molar-refractivity contribution in [1.29, 1.82) is 0 Å². The summed E-state index contributed by atoms with van der Waals surface area (Å²) < 4.78 is 2.95. The van der Waals surface area contributed by atoms with Gasteiger partial charge in [-0.05, 0) is 29.3 Å². The number of aryl methyl sites for hydroxylation is 2.